The molecule has 1 heterocycles. The molecule has 1 aromatic heterocycles. The Morgan fingerprint density at radius 2 is 1.00 bits per heavy atom. The van der Waals surface area contributed by atoms with Gasteiger partial charge in [0.2, 0.25) is 16.7 Å². The van der Waals surface area contributed by atoms with Crippen LogP contribution in [0.5, 0.6) is 0 Å². The van der Waals surface area contributed by atoms with Gasteiger partial charge >= 0.3 is 0 Å². The lowest BCUT2D eigenvalue weighted by atomic mass is 10.1. The predicted octanol–water partition coefficient (Wildman–Crippen LogP) is 4.27. The van der Waals surface area contributed by atoms with E-state index in [0.29, 0.717) is 0 Å². The maximum Gasteiger partial charge on any atom is 0.219 e. The number of fused-ring (bicyclic) bond motifs is 2. The van der Waals surface area contributed by atoms with Crippen LogP contribution in [0.25, 0.3) is 27.5 Å². The molecule has 4 aromatic rings. The van der Waals surface area contributed by atoms with Gasteiger partial charge in [-0.2, -0.15) is 4.57 Å². The van der Waals surface area contributed by atoms with Gasteiger partial charge in [-0.15, -0.1) is 0 Å². The molecule has 0 spiro atoms. The van der Waals surface area contributed by atoms with E-state index in [2.05, 4.69) is 89.5 Å². The highest BCUT2D eigenvalue weighted by atomic mass is 15.0. The fourth-order valence-corrected chi connectivity index (χ4v) is 2.78. The Labute approximate surface area is 117 Å². The van der Waals surface area contributed by atoms with E-state index in [0.717, 1.165) is 0 Å². The average Bonchev–Trinajstić information content (AvgIpc) is 2.53. The lowest BCUT2D eigenvalue weighted by Gasteiger charge is -2.05. The van der Waals surface area contributed by atoms with Crippen LogP contribution in [0.15, 0.2) is 84.9 Å². The van der Waals surface area contributed by atoms with Crippen LogP contribution in [-0.4, -0.2) is 0 Å². The highest BCUT2D eigenvalue weighted by molar-refractivity contribution is 5.89. The van der Waals surface area contributed by atoms with Gasteiger partial charge in [-0.1, -0.05) is 42.5 Å². The van der Waals surface area contributed by atoms with Gasteiger partial charge in [-0.05, 0) is 18.2 Å². The third-order valence-electron chi connectivity index (χ3n) is 3.68. The first-order chi connectivity index (χ1) is 9.93. The smallest absolute Gasteiger partial charge is 0.153 e. The molecule has 1 nitrogen and oxygen atoms in total. The molecule has 0 radical (unpaired) electrons. The molecule has 1 heteroatoms. The van der Waals surface area contributed by atoms with Gasteiger partial charge in [0.15, 0.2) is 0 Å². The third-order valence-corrected chi connectivity index (χ3v) is 3.68. The number of pyridine rings is 1. The molecule has 3 aromatic carbocycles. The van der Waals surface area contributed by atoms with Crippen LogP contribution in [0.1, 0.15) is 0 Å². The number of hydrogen-bond acceptors (Lipinski definition) is 0. The maximum absolute atomic E-state index is 2.32. The second-order valence-corrected chi connectivity index (χ2v) is 4.93. The summed E-state index contributed by atoms with van der Waals surface area (Å²) in [6.45, 7) is 0. The van der Waals surface area contributed by atoms with Crippen molar-refractivity contribution in [1.82, 2.24) is 0 Å². The Morgan fingerprint density at radius 1 is 0.500 bits per heavy atom. The molecular formula is C19H14N+. The second-order valence-electron chi connectivity index (χ2n) is 4.93. The monoisotopic (exact) mass is 256 g/mol. The summed E-state index contributed by atoms with van der Waals surface area (Å²) in [5, 5.41) is 2.52. The summed E-state index contributed by atoms with van der Waals surface area (Å²) < 4.78 is 2.32. The average molecular weight is 256 g/mol. The molecule has 94 valence electrons. The van der Waals surface area contributed by atoms with Crippen LogP contribution in [0.2, 0.25) is 0 Å². The van der Waals surface area contributed by atoms with E-state index < -0.39 is 0 Å². The summed E-state index contributed by atoms with van der Waals surface area (Å²) in [5.74, 6) is 0. The van der Waals surface area contributed by atoms with Crippen molar-refractivity contribution in [2.24, 2.45) is 0 Å². The quantitative estimate of drug-likeness (QED) is 0.354. The Hall–Kier alpha value is -2.67. The fourth-order valence-electron chi connectivity index (χ4n) is 2.78. The largest absolute Gasteiger partial charge is 0.219 e. The maximum atomic E-state index is 2.32. The van der Waals surface area contributed by atoms with Crippen molar-refractivity contribution in [3.05, 3.63) is 84.9 Å². The second kappa shape index (κ2) is 4.46. The zero-order valence-corrected chi connectivity index (χ0v) is 11.0. The fraction of sp³-hybridized carbons (Fsp3) is 0. The number of benzene rings is 3. The van der Waals surface area contributed by atoms with Gasteiger partial charge in [-0.25, -0.2) is 0 Å². The summed E-state index contributed by atoms with van der Waals surface area (Å²) in [5.41, 5.74) is 3.66. The van der Waals surface area contributed by atoms with E-state index in [1.165, 1.54) is 27.5 Å². The summed E-state index contributed by atoms with van der Waals surface area (Å²) in [6.07, 6.45) is 0. The predicted molar refractivity (Wildman–Crippen MR) is 83.0 cm³/mol. The molecule has 0 saturated carbocycles. The van der Waals surface area contributed by atoms with Gasteiger partial charge in [0.25, 0.3) is 0 Å². The minimum atomic E-state index is 1.19. The van der Waals surface area contributed by atoms with E-state index in [4.69, 9.17) is 0 Å². The minimum absolute atomic E-state index is 1.19. The van der Waals surface area contributed by atoms with Gasteiger partial charge in [0.05, 0.1) is 0 Å². The Kier molecular flexibility index (Phi) is 2.49. The molecule has 0 fully saturated rings. The molecule has 0 aliphatic rings. The van der Waals surface area contributed by atoms with Crippen molar-refractivity contribution >= 4 is 21.8 Å². The summed E-state index contributed by atoms with van der Waals surface area (Å²) >= 11 is 0. The Bertz CT molecular complexity index is 841. The van der Waals surface area contributed by atoms with E-state index >= 15 is 0 Å². The summed E-state index contributed by atoms with van der Waals surface area (Å²) in [6, 6.07) is 29.8. The van der Waals surface area contributed by atoms with Crippen molar-refractivity contribution in [2.45, 2.75) is 0 Å². The van der Waals surface area contributed by atoms with Crippen LogP contribution in [0.4, 0.5) is 0 Å². The topological polar surface area (TPSA) is 3.88 Å². The molecular weight excluding hydrogens is 242 g/mol. The number of aromatic nitrogens is 1. The van der Waals surface area contributed by atoms with Crippen LogP contribution in [0.3, 0.4) is 0 Å². The molecule has 0 amide bonds. The molecule has 0 aliphatic heterocycles. The van der Waals surface area contributed by atoms with Gasteiger partial charge in [0.1, 0.15) is 0 Å². The standard InChI is InChI=1S/C19H14N/c1-2-10-17(11-3-1)20-18-12-6-4-8-15(18)14-16-9-5-7-13-19(16)20/h1-14H/q+1. The minimum Gasteiger partial charge on any atom is -0.153 e. The number of para-hydroxylation sites is 3. The van der Waals surface area contributed by atoms with Crippen LogP contribution in [0, 0.1) is 0 Å². The third kappa shape index (κ3) is 1.68. The Morgan fingerprint density at radius 3 is 1.60 bits per heavy atom. The first-order valence-electron chi connectivity index (χ1n) is 6.81. The van der Waals surface area contributed by atoms with Crippen molar-refractivity contribution in [3.8, 4) is 5.69 Å². The number of hydrogen-bond donors (Lipinski definition) is 0. The van der Waals surface area contributed by atoms with Crippen molar-refractivity contribution < 1.29 is 4.57 Å². The molecule has 20 heavy (non-hydrogen) atoms. The van der Waals surface area contributed by atoms with Crippen LogP contribution >= 0.6 is 0 Å². The van der Waals surface area contributed by atoms with Crippen molar-refractivity contribution in [2.75, 3.05) is 0 Å². The van der Waals surface area contributed by atoms with Gasteiger partial charge in [0, 0.05) is 35.0 Å². The summed E-state index contributed by atoms with van der Waals surface area (Å²) in [4.78, 5) is 0. The summed E-state index contributed by atoms with van der Waals surface area (Å²) in [7, 11) is 0. The lowest BCUT2D eigenvalue weighted by Crippen LogP contribution is -2.32. The van der Waals surface area contributed by atoms with E-state index in [1.807, 2.05) is 0 Å². The van der Waals surface area contributed by atoms with Crippen LogP contribution in [-0.2, 0) is 0 Å². The molecule has 4 rings (SSSR count). The van der Waals surface area contributed by atoms with E-state index in [9.17, 15) is 0 Å². The normalized spacial score (nSPS) is 11.0. The Balaban J connectivity index is 2.24. The highest BCUT2D eigenvalue weighted by Crippen LogP contribution is 2.19. The highest BCUT2D eigenvalue weighted by Gasteiger charge is 2.16. The zero-order valence-electron chi connectivity index (χ0n) is 11.0. The molecule has 0 saturated heterocycles. The number of rotatable bonds is 1. The van der Waals surface area contributed by atoms with Crippen molar-refractivity contribution in [1.29, 1.82) is 0 Å². The lowest BCUT2D eigenvalue weighted by molar-refractivity contribution is -0.538. The SMILES string of the molecule is c1ccc(-[n+]2c3ccccc3cc3ccccc32)cc1. The molecule has 0 atom stereocenters. The van der Waals surface area contributed by atoms with Crippen LogP contribution < -0.4 is 4.57 Å². The van der Waals surface area contributed by atoms with Gasteiger partial charge < -0.3 is 0 Å². The van der Waals surface area contributed by atoms with E-state index in [-0.39, 0.29) is 0 Å². The first-order valence-corrected chi connectivity index (χ1v) is 6.81. The molecule has 0 unspecified atom stereocenters. The van der Waals surface area contributed by atoms with Crippen molar-refractivity contribution in [3.63, 3.8) is 0 Å². The molecule has 0 aliphatic carbocycles. The first kappa shape index (κ1) is 11.2. The molecule has 0 N–H and O–H groups in total. The van der Waals surface area contributed by atoms with E-state index in [1.54, 1.807) is 0 Å². The number of nitrogens with zero attached hydrogens (tertiary/aromatic N) is 1. The zero-order chi connectivity index (χ0) is 13.4. The van der Waals surface area contributed by atoms with Gasteiger partial charge in [-0.3, -0.25) is 0 Å². The molecule has 0 bridgehead atoms.